The molecule has 29 heteroatoms. The van der Waals surface area contributed by atoms with Gasteiger partial charge in [-0.2, -0.15) is 33.7 Å². The van der Waals surface area contributed by atoms with Crippen LogP contribution in [0.5, 0.6) is 11.5 Å². The van der Waals surface area contributed by atoms with E-state index in [9.17, 15) is 63.7 Å². The first-order valence-corrected chi connectivity index (χ1v) is 21.4. The van der Waals surface area contributed by atoms with Gasteiger partial charge in [0.2, 0.25) is 0 Å². The van der Waals surface area contributed by atoms with Crippen molar-refractivity contribution in [2.24, 2.45) is 20.5 Å². The number of aliphatic hydroxyl groups excluding tert-OH is 2. The number of nitrogens with one attached hydrogen (secondary N) is 2. The van der Waals surface area contributed by atoms with E-state index in [2.05, 4.69) is 31.1 Å². The molecule has 24 nitrogen and oxygen atoms in total. The van der Waals surface area contributed by atoms with Crippen LogP contribution in [-0.2, 0) is 67.4 Å². The number of rotatable bonds is 12. The SMILES string of the molecule is C/C(O)=C(/N=Nc1cc(S(=O)(=O)O)cc(S(=O)(=O)O)c1O)C(=O)Nc1ccccc1.C/C(O)=C(/N=Nc1cc(S(=O)(=O)O)cc(S(=O)(=O)O)c1O)C(=O)Nc1ccccc1.[CH3-].[CH3-].[Cr+2]. The second-order valence-corrected chi connectivity index (χ2v) is 17.0. The van der Waals surface area contributed by atoms with E-state index in [-0.39, 0.29) is 32.2 Å². The number of para-hydroxylation sites is 2. The number of hydrogen-bond donors (Lipinski definition) is 10. The van der Waals surface area contributed by atoms with Gasteiger partial charge in [-0.15, -0.1) is 20.5 Å². The van der Waals surface area contributed by atoms with Crippen molar-refractivity contribution in [3.05, 3.63) is 123 Å². The first-order chi connectivity index (χ1) is 27.6. The van der Waals surface area contributed by atoms with E-state index < -0.39 is 118 Å². The maximum atomic E-state index is 12.3. The number of anilines is 2. The van der Waals surface area contributed by atoms with Crippen LogP contribution < -0.4 is 10.6 Å². The molecule has 4 rings (SSSR count). The molecule has 4 aromatic rings. The zero-order valence-corrected chi connectivity index (χ0v) is 37.1. The minimum absolute atomic E-state index is 0. The summed E-state index contributed by atoms with van der Waals surface area (Å²) < 4.78 is 127. The molecule has 4 aromatic carbocycles. The number of carbonyl (C=O) groups is 2. The Kier molecular flexibility index (Phi) is 20.6. The summed E-state index contributed by atoms with van der Waals surface area (Å²) in [7, 11) is -20.2. The van der Waals surface area contributed by atoms with Crippen LogP contribution in [0.3, 0.4) is 0 Å². The number of aliphatic hydroxyl groups is 2. The Balaban J connectivity index is 0.00000116. The second kappa shape index (κ2) is 22.8. The fraction of sp³-hybridized carbons (Fsp3) is 0.0588. The van der Waals surface area contributed by atoms with E-state index in [1.54, 1.807) is 60.7 Å². The molecule has 10 N–H and O–H groups in total. The summed E-state index contributed by atoms with van der Waals surface area (Å²) in [6, 6.07) is 17.8. The Labute approximate surface area is 371 Å². The standard InChI is InChI=1S/2C16H15N3O9S2.2CH3.Cr/c2*1-9(20)14(16(22)17-10-5-3-2-4-6-10)19-18-12-7-11(29(23,24)25)8-13(15(12)21)30(26,27)28;;;/h2*2-8,20-21H,1H3,(H,17,22)(H,23,24,25)(H,26,27,28);2*1H3;/q;;2*-1;+2/b2*14-9-,19-18?;;;. The molecular weight excluding hydrogens is 961 g/mol. The number of phenols is 2. The molecule has 0 heterocycles. The molecule has 0 fully saturated rings. The normalized spacial score (nSPS) is 12.5. The van der Waals surface area contributed by atoms with Gasteiger partial charge in [0.15, 0.2) is 22.9 Å². The maximum absolute atomic E-state index is 12.3. The summed E-state index contributed by atoms with van der Waals surface area (Å²) in [5.41, 5.74) is -2.26. The summed E-state index contributed by atoms with van der Waals surface area (Å²) in [5, 5.41) is 57.8. The van der Waals surface area contributed by atoms with Crippen LogP contribution in [0.25, 0.3) is 0 Å². The number of nitrogens with zero attached hydrogens (tertiary/aromatic N) is 4. The Morgan fingerprint density at radius 3 is 1.03 bits per heavy atom. The van der Waals surface area contributed by atoms with Gasteiger partial charge in [0, 0.05) is 11.4 Å². The number of azo groups is 2. The monoisotopic (exact) mass is 996 g/mol. The smallest absolute Gasteiger partial charge is 0.510 e. The zero-order chi connectivity index (χ0) is 45.4. The van der Waals surface area contributed by atoms with Crippen molar-refractivity contribution in [1.82, 2.24) is 0 Å². The number of amides is 2. The van der Waals surface area contributed by atoms with Crippen molar-refractivity contribution in [2.45, 2.75) is 33.4 Å². The van der Waals surface area contributed by atoms with Crippen molar-refractivity contribution >= 4 is 75.0 Å². The predicted molar refractivity (Wildman–Crippen MR) is 218 cm³/mol. The van der Waals surface area contributed by atoms with Crippen LogP contribution in [0.15, 0.2) is 148 Å². The molecule has 0 atom stereocenters. The number of phenolic OH excluding ortho intramolecular Hbond substituents is 2. The summed E-state index contributed by atoms with van der Waals surface area (Å²) in [6.07, 6.45) is 0. The van der Waals surface area contributed by atoms with Crippen LogP contribution in [0.2, 0.25) is 0 Å². The van der Waals surface area contributed by atoms with E-state index in [0.717, 1.165) is 13.8 Å². The van der Waals surface area contributed by atoms with Crippen molar-refractivity contribution < 1.29 is 99.3 Å². The molecule has 63 heavy (non-hydrogen) atoms. The molecule has 0 radical (unpaired) electrons. The van der Waals surface area contributed by atoms with Gasteiger partial charge < -0.3 is 45.9 Å². The quantitative estimate of drug-likeness (QED) is 0.0268. The molecule has 340 valence electrons. The van der Waals surface area contributed by atoms with E-state index in [0.29, 0.717) is 35.6 Å². The molecule has 0 spiro atoms. The fourth-order valence-corrected chi connectivity index (χ4v) is 6.63. The Morgan fingerprint density at radius 1 is 0.508 bits per heavy atom. The van der Waals surface area contributed by atoms with E-state index in [1.807, 2.05) is 0 Å². The third kappa shape index (κ3) is 16.3. The minimum Gasteiger partial charge on any atom is -0.510 e. The van der Waals surface area contributed by atoms with Gasteiger partial charge in [-0.1, -0.05) is 36.4 Å². The predicted octanol–water partition coefficient (Wildman–Crippen LogP) is 5.69. The van der Waals surface area contributed by atoms with Gasteiger partial charge in [0.05, 0.1) is 9.79 Å². The number of hydrogen-bond acceptors (Lipinski definition) is 18. The van der Waals surface area contributed by atoms with E-state index >= 15 is 0 Å². The third-order valence-corrected chi connectivity index (χ3v) is 10.3. The first-order valence-electron chi connectivity index (χ1n) is 15.6. The van der Waals surface area contributed by atoms with Gasteiger partial charge in [-0.05, 0) is 62.4 Å². The molecule has 0 bridgehead atoms. The van der Waals surface area contributed by atoms with Crippen LogP contribution in [0, 0.1) is 14.9 Å². The molecule has 0 saturated heterocycles. The van der Waals surface area contributed by atoms with Crippen molar-refractivity contribution in [3.63, 3.8) is 0 Å². The van der Waals surface area contributed by atoms with Crippen LogP contribution in [0.4, 0.5) is 22.7 Å². The molecule has 0 unspecified atom stereocenters. The molecule has 0 aliphatic heterocycles. The summed E-state index contributed by atoms with van der Waals surface area (Å²) in [6.45, 7) is 2.19. The molecule has 0 aromatic heterocycles. The minimum atomic E-state index is -5.12. The van der Waals surface area contributed by atoms with Crippen LogP contribution >= 0.6 is 0 Å². The Bertz CT molecular complexity index is 2700. The molecular formula is C34H36CrN6O18S4. The number of aromatic hydroxyl groups is 2. The molecule has 0 saturated carbocycles. The fourth-order valence-electron chi connectivity index (χ4n) is 4.18. The van der Waals surface area contributed by atoms with Gasteiger partial charge in [0.25, 0.3) is 52.3 Å². The van der Waals surface area contributed by atoms with Crippen LogP contribution in [-0.4, -0.2) is 84.1 Å². The van der Waals surface area contributed by atoms with E-state index in [4.69, 9.17) is 18.2 Å². The average molecular weight is 997 g/mol. The van der Waals surface area contributed by atoms with Crippen molar-refractivity contribution in [2.75, 3.05) is 10.6 Å². The van der Waals surface area contributed by atoms with Crippen molar-refractivity contribution in [3.8, 4) is 11.5 Å². The van der Waals surface area contributed by atoms with Gasteiger partial charge in [0.1, 0.15) is 32.7 Å². The first kappa shape index (κ1) is 56.9. The molecule has 0 aliphatic rings. The summed E-state index contributed by atoms with van der Waals surface area (Å²) in [4.78, 5) is 20.0. The topological polar surface area (TPSA) is 406 Å². The number of benzene rings is 4. The van der Waals surface area contributed by atoms with Crippen LogP contribution in [0.1, 0.15) is 13.8 Å². The van der Waals surface area contributed by atoms with Gasteiger partial charge in [-0.3, -0.25) is 27.8 Å². The largest absolute Gasteiger partial charge is 2.00 e. The average Bonchev–Trinajstić information content (AvgIpc) is 3.12. The van der Waals surface area contributed by atoms with Gasteiger partial charge >= 0.3 is 17.4 Å². The zero-order valence-electron chi connectivity index (χ0n) is 32.6. The Hall–Kier alpha value is -6.13. The molecule has 0 aliphatic carbocycles. The summed E-state index contributed by atoms with van der Waals surface area (Å²) in [5.74, 6) is -5.46. The summed E-state index contributed by atoms with van der Waals surface area (Å²) >= 11 is 0. The second-order valence-electron chi connectivity index (χ2n) is 11.4. The van der Waals surface area contributed by atoms with E-state index in [1.165, 1.54) is 0 Å². The number of allylic oxidation sites excluding steroid dienone is 2. The van der Waals surface area contributed by atoms with Gasteiger partial charge in [-0.25, -0.2) is 0 Å². The third-order valence-electron chi connectivity index (χ3n) is 6.90. The molecule has 2 amide bonds. The Morgan fingerprint density at radius 2 is 0.794 bits per heavy atom. The number of carbonyl (C=O) groups excluding carboxylic acids is 2. The maximum Gasteiger partial charge on any atom is 2.00 e. The van der Waals surface area contributed by atoms with Crippen molar-refractivity contribution in [1.29, 1.82) is 0 Å².